The zero-order valence-corrected chi connectivity index (χ0v) is 11.0. The number of aromatic nitrogens is 1. The lowest BCUT2D eigenvalue weighted by Gasteiger charge is -2.20. The average molecular weight is 301 g/mol. The molecule has 0 spiro atoms. The van der Waals surface area contributed by atoms with E-state index >= 15 is 0 Å². The van der Waals surface area contributed by atoms with E-state index in [0.717, 1.165) is 31.9 Å². The second-order valence-corrected chi connectivity index (χ2v) is 5.16. The summed E-state index contributed by atoms with van der Waals surface area (Å²) in [6, 6.07) is 1.30. The smallest absolute Gasteiger partial charge is 0.228 e. The lowest BCUT2D eigenvalue weighted by molar-refractivity contribution is -0.120. The molecule has 0 atom stereocenters. The number of hydrogen-bond acceptors (Lipinski definition) is 2. The fourth-order valence-electron chi connectivity index (χ4n) is 2.09. The zero-order valence-electron chi connectivity index (χ0n) is 9.38. The highest BCUT2D eigenvalue weighted by atomic mass is 79.9. The molecular weight excluding hydrogens is 287 g/mol. The first-order valence-corrected chi connectivity index (χ1v) is 6.58. The minimum atomic E-state index is -0.424. The Balaban J connectivity index is 2.02. The van der Waals surface area contributed by atoms with Crippen LogP contribution in [0.5, 0.6) is 0 Å². The van der Waals surface area contributed by atoms with Crippen molar-refractivity contribution in [3.8, 4) is 0 Å². The van der Waals surface area contributed by atoms with Gasteiger partial charge in [-0.2, -0.15) is 0 Å². The molecule has 5 heteroatoms. The van der Waals surface area contributed by atoms with Crippen LogP contribution in [0.3, 0.4) is 0 Å². The van der Waals surface area contributed by atoms with Crippen LogP contribution in [-0.4, -0.2) is 10.9 Å². The zero-order chi connectivity index (χ0) is 12.3. The summed E-state index contributed by atoms with van der Waals surface area (Å²) < 4.78 is 13.3. The molecular formula is C12H14BrFN2O. The highest BCUT2D eigenvalue weighted by molar-refractivity contribution is 9.10. The number of pyridine rings is 1. The lowest BCUT2D eigenvalue weighted by Crippen LogP contribution is -2.25. The van der Waals surface area contributed by atoms with Gasteiger partial charge in [-0.05, 0) is 34.8 Å². The van der Waals surface area contributed by atoms with E-state index in [2.05, 4.69) is 26.2 Å². The molecule has 0 radical (unpaired) electrons. The molecule has 1 saturated carbocycles. The highest BCUT2D eigenvalue weighted by Crippen LogP contribution is 2.26. The van der Waals surface area contributed by atoms with E-state index in [1.807, 2.05) is 0 Å². The van der Waals surface area contributed by atoms with E-state index in [1.165, 1.54) is 12.5 Å². The van der Waals surface area contributed by atoms with Gasteiger partial charge in [0.1, 0.15) is 11.6 Å². The second kappa shape index (κ2) is 5.58. The minimum absolute atomic E-state index is 0.00971. The van der Waals surface area contributed by atoms with Crippen LogP contribution in [0.25, 0.3) is 0 Å². The van der Waals surface area contributed by atoms with Gasteiger partial charge in [0, 0.05) is 5.92 Å². The van der Waals surface area contributed by atoms with Gasteiger partial charge in [0.05, 0.1) is 10.7 Å². The molecule has 3 nitrogen and oxygen atoms in total. The number of amides is 1. The Morgan fingerprint density at radius 1 is 1.41 bits per heavy atom. The fourth-order valence-corrected chi connectivity index (χ4v) is 2.51. The Morgan fingerprint density at radius 3 is 2.76 bits per heavy atom. The van der Waals surface area contributed by atoms with Gasteiger partial charge < -0.3 is 5.32 Å². The minimum Gasteiger partial charge on any atom is -0.310 e. The van der Waals surface area contributed by atoms with Crippen molar-refractivity contribution in [2.75, 3.05) is 5.32 Å². The molecule has 1 fully saturated rings. The van der Waals surface area contributed by atoms with Gasteiger partial charge in [0.15, 0.2) is 0 Å². The molecule has 1 aromatic rings. The molecule has 1 N–H and O–H groups in total. The number of rotatable bonds is 2. The summed E-state index contributed by atoms with van der Waals surface area (Å²) >= 11 is 3.18. The molecule has 0 bridgehead atoms. The Morgan fingerprint density at radius 2 is 2.12 bits per heavy atom. The summed E-state index contributed by atoms with van der Waals surface area (Å²) in [6.07, 6.45) is 6.39. The van der Waals surface area contributed by atoms with E-state index in [0.29, 0.717) is 10.3 Å². The molecule has 0 aliphatic heterocycles. The van der Waals surface area contributed by atoms with E-state index in [9.17, 15) is 9.18 Å². The molecule has 17 heavy (non-hydrogen) atoms. The maximum Gasteiger partial charge on any atom is 0.228 e. The van der Waals surface area contributed by atoms with Crippen LogP contribution in [0, 0.1) is 11.7 Å². The third-order valence-electron chi connectivity index (χ3n) is 3.03. The standard InChI is InChI=1S/C12H14BrFN2O/c13-10-6-9(14)7-15-11(10)16-12(17)8-4-2-1-3-5-8/h6-8H,1-5H2,(H,15,16,17). The summed E-state index contributed by atoms with van der Waals surface area (Å²) in [5.74, 6) is 0.0292. The van der Waals surface area contributed by atoms with E-state index in [1.54, 1.807) is 0 Å². The van der Waals surface area contributed by atoms with Crippen LogP contribution in [0.4, 0.5) is 10.2 Å². The Hall–Kier alpha value is -0.970. The van der Waals surface area contributed by atoms with Gasteiger partial charge >= 0.3 is 0 Å². The van der Waals surface area contributed by atoms with Crippen LogP contribution >= 0.6 is 15.9 Å². The molecule has 1 heterocycles. The van der Waals surface area contributed by atoms with Crippen molar-refractivity contribution in [3.63, 3.8) is 0 Å². The number of halogens is 2. The summed E-state index contributed by atoms with van der Waals surface area (Å²) in [5.41, 5.74) is 0. The van der Waals surface area contributed by atoms with Crippen LogP contribution in [0.1, 0.15) is 32.1 Å². The molecule has 1 amide bonds. The number of carbonyl (C=O) groups is 1. The van der Waals surface area contributed by atoms with Crippen molar-refractivity contribution in [3.05, 3.63) is 22.6 Å². The topological polar surface area (TPSA) is 42.0 Å². The van der Waals surface area contributed by atoms with Gasteiger partial charge in [-0.1, -0.05) is 19.3 Å². The monoisotopic (exact) mass is 300 g/mol. The van der Waals surface area contributed by atoms with Gasteiger partial charge in [-0.15, -0.1) is 0 Å². The van der Waals surface area contributed by atoms with Crippen LogP contribution in [-0.2, 0) is 4.79 Å². The summed E-state index contributed by atoms with van der Waals surface area (Å²) in [6.45, 7) is 0. The number of anilines is 1. The Bertz CT molecular complexity index is 419. The van der Waals surface area contributed by atoms with Crippen LogP contribution in [0.2, 0.25) is 0 Å². The first kappa shape index (κ1) is 12.5. The number of carbonyl (C=O) groups excluding carboxylic acids is 1. The molecule has 1 aliphatic rings. The highest BCUT2D eigenvalue weighted by Gasteiger charge is 2.21. The van der Waals surface area contributed by atoms with Gasteiger partial charge in [0.2, 0.25) is 5.91 Å². The fraction of sp³-hybridized carbons (Fsp3) is 0.500. The van der Waals surface area contributed by atoms with Crippen molar-refractivity contribution in [1.29, 1.82) is 0 Å². The average Bonchev–Trinajstić information content (AvgIpc) is 2.34. The van der Waals surface area contributed by atoms with Crippen molar-refractivity contribution < 1.29 is 9.18 Å². The molecule has 2 rings (SSSR count). The molecule has 92 valence electrons. The molecule has 0 unspecified atom stereocenters. The molecule has 1 aromatic heterocycles. The summed E-state index contributed by atoms with van der Waals surface area (Å²) in [7, 11) is 0. The largest absolute Gasteiger partial charge is 0.310 e. The second-order valence-electron chi connectivity index (χ2n) is 4.31. The molecule has 1 aliphatic carbocycles. The van der Waals surface area contributed by atoms with Gasteiger partial charge in [-0.25, -0.2) is 9.37 Å². The Labute approximate surface area is 108 Å². The van der Waals surface area contributed by atoms with E-state index in [-0.39, 0.29) is 11.8 Å². The van der Waals surface area contributed by atoms with Crippen LogP contribution < -0.4 is 5.32 Å². The normalized spacial score (nSPS) is 16.8. The third-order valence-corrected chi connectivity index (χ3v) is 3.63. The van der Waals surface area contributed by atoms with Gasteiger partial charge in [0.25, 0.3) is 0 Å². The first-order chi connectivity index (χ1) is 8.16. The van der Waals surface area contributed by atoms with Crippen molar-refractivity contribution >= 4 is 27.7 Å². The molecule has 0 saturated heterocycles. The predicted molar refractivity (Wildman–Crippen MR) is 67.1 cm³/mol. The SMILES string of the molecule is O=C(Nc1ncc(F)cc1Br)C1CCCCC1. The van der Waals surface area contributed by atoms with Crippen molar-refractivity contribution in [1.82, 2.24) is 4.98 Å². The number of hydrogen-bond donors (Lipinski definition) is 1. The Kier molecular flexibility index (Phi) is 4.10. The quantitative estimate of drug-likeness (QED) is 0.908. The first-order valence-electron chi connectivity index (χ1n) is 5.79. The van der Waals surface area contributed by atoms with Gasteiger partial charge in [-0.3, -0.25) is 4.79 Å². The third kappa shape index (κ3) is 3.25. The molecule has 0 aromatic carbocycles. The lowest BCUT2D eigenvalue weighted by atomic mass is 9.89. The van der Waals surface area contributed by atoms with E-state index in [4.69, 9.17) is 0 Å². The van der Waals surface area contributed by atoms with E-state index < -0.39 is 5.82 Å². The van der Waals surface area contributed by atoms with Crippen molar-refractivity contribution in [2.45, 2.75) is 32.1 Å². The maximum atomic E-state index is 12.8. The van der Waals surface area contributed by atoms with Crippen LogP contribution in [0.15, 0.2) is 16.7 Å². The van der Waals surface area contributed by atoms with Crippen molar-refractivity contribution in [2.24, 2.45) is 5.92 Å². The number of nitrogens with one attached hydrogen (secondary N) is 1. The predicted octanol–water partition coefficient (Wildman–Crippen LogP) is 3.50. The maximum absolute atomic E-state index is 12.8. The summed E-state index contributed by atoms with van der Waals surface area (Å²) in [5, 5.41) is 2.74. The number of nitrogens with zero attached hydrogens (tertiary/aromatic N) is 1. The summed E-state index contributed by atoms with van der Waals surface area (Å²) in [4.78, 5) is 15.8.